The second-order valence-corrected chi connectivity index (χ2v) is 5.58. The van der Waals surface area contributed by atoms with E-state index < -0.39 is 10.0 Å². The Morgan fingerprint density at radius 1 is 1.25 bits per heavy atom. The highest BCUT2D eigenvalue weighted by Crippen LogP contribution is 2.10. The van der Waals surface area contributed by atoms with Gasteiger partial charge in [-0.15, -0.1) is 11.6 Å². The van der Waals surface area contributed by atoms with Crippen LogP contribution in [0.4, 0.5) is 0 Å². The average Bonchev–Trinajstić information content (AvgIpc) is 2.29. The molecule has 16 heavy (non-hydrogen) atoms. The molecule has 0 unspecified atom stereocenters. The van der Waals surface area contributed by atoms with Crippen molar-refractivity contribution in [3.8, 4) is 0 Å². The van der Waals surface area contributed by atoms with Crippen molar-refractivity contribution >= 4 is 21.6 Å². The second-order valence-electron chi connectivity index (χ2n) is 3.44. The van der Waals surface area contributed by atoms with Crippen molar-refractivity contribution < 1.29 is 8.42 Å². The molecule has 0 aliphatic rings. The zero-order valence-corrected chi connectivity index (χ0v) is 10.8. The van der Waals surface area contributed by atoms with Crippen LogP contribution in [0.15, 0.2) is 29.2 Å². The number of nitrogens with one attached hydrogen (secondary N) is 1. The number of aryl methyl sites for hydroxylation is 1. The van der Waals surface area contributed by atoms with Gasteiger partial charge in [0.05, 0.1) is 4.90 Å². The van der Waals surface area contributed by atoms with Gasteiger partial charge in [-0.3, -0.25) is 0 Å². The number of hydrogen-bond acceptors (Lipinski definition) is 2. The molecule has 0 aliphatic heterocycles. The molecule has 0 saturated carbocycles. The van der Waals surface area contributed by atoms with Gasteiger partial charge in [-0.25, -0.2) is 13.1 Å². The number of hydrogen-bond donors (Lipinski definition) is 1. The van der Waals surface area contributed by atoms with Crippen LogP contribution in [0, 0.1) is 0 Å². The third-order valence-corrected chi connectivity index (χ3v) is 3.99. The van der Waals surface area contributed by atoms with Crippen LogP contribution in [0.1, 0.15) is 18.9 Å². The van der Waals surface area contributed by atoms with E-state index in [0.29, 0.717) is 23.7 Å². The van der Waals surface area contributed by atoms with Crippen LogP contribution in [0.3, 0.4) is 0 Å². The smallest absolute Gasteiger partial charge is 0.211 e. The Balaban J connectivity index is 2.74. The first-order valence-corrected chi connectivity index (χ1v) is 7.26. The Morgan fingerprint density at radius 3 is 2.38 bits per heavy atom. The first kappa shape index (κ1) is 13.5. The van der Waals surface area contributed by atoms with Gasteiger partial charge in [0.25, 0.3) is 0 Å². The van der Waals surface area contributed by atoms with Crippen molar-refractivity contribution in [3.05, 3.63) is 29.8 Å². The van der Waals surface area contributed by atoms with Gasteiger partial charge in [-0.05, 0) is 30.5 Å². The minimum Gasteiger partial charge on any atom is -0.211 e. The maximum Gasteiger partial charge on any atom is 0.240 e. The zero-order chi connectivity index (χ0) is 12.0. The topological polar surface area (TPSA) is 46.2 Å². The van der Waals surface area contributed by atoms with Gasteiger partial charge >= 0.3 is 0 Å². The Morgan fingerprint density at radius 2 is 1.88 bits per heavy atom. The summed E-state index contributed by atoms with van der Waals surface area (Å²) in [6, 6.07) is 6.91. The molecule has 0 bridgehead atoms. The lowest BCUT2D eigenvalue weighted by Gasteiger charge is -2.06. The molecule has 1 rings (SSSR count). The number of halogens is 1. The standard InChI is InChI=1S/C11H16ClNO2S/c1-2-10-4-6-11(7-5-10)16(14,15)13-9-3-8-12/h4-7,13H,2-3,8-9H2,1H3. The van der Waals surface area contributed by atoms with Crippen molar-refractivity contribution in [3.63, 3.8) is 0 Å². The molecular formula is C11H16ClNO2S. The molecule has 0 radical (unpaired) electrons. The number of sulfonamides is 1. The summed E-state index contributed by atoms with van der Waals surface area (Å²) in [5.41, 5.74) is 1.12. The Hall–Kier alpha value is -0.580. The van der Waals surface area contributed by atoms with Crippen molar-refractivity contribution in [2.75, 3.05) is 12.4 Å². The molecule has 0 fully saturated rings. The lowest BCUT2D eigenvalue weighted by Crippen LogP contribution is -2.25. The summed E-state index contributed by atoms with van der Waals surface area (Å²) in [4.78, 5) is 0.305. The van der Waals surface area contributed by atoms with Crippen LogP contribution in [-0.4, -0.2) is 20.8 Å². The molecule has 1 aromatic carbocycles. The largest absolute Gasteiger partial charge is 0.240 e. The molecule has 1 N–H and O–H groups in total. The molecule has 0 saturated heterocycles. The van der Waals surface area contributed by atoms with Crippen LogP contribution < -0.4 is 4.72 Å². The third kappa shape index (κ3) is 3.77. The van der Waals surface area contributed by atoms with Crippen LogP contribution in [0.5, 0.6) is 0 Å². The molecule has 0 spiro atoms. The molecule has 1 aromatic rings. The van der Waals surface area contributed by atoms with E-state index in [9.17, 15) is 8.42 Å². The fourth-order valence-corrected chi connectivity index (χ4v) is 2.47. The maximum atomic E-state index is 11.8. The highest BCUT2D eigenvalue weighted by molar-refractivity contribution is 7.89. The summed E-state index contributed by atoms with van der Waals surface area (Å²) in [5.74, 6) is 0.456. The van der Waals surface area contributed by atoms with Gasteiger partial charge in [-0.2, -0.15) is 0 Å². The average molecular weight is 262 g/mol. The van der Waals surface area contributed by atoms with E-state index in [2.05, 4.69) is 4.72 Å². The Bertz CT molecular complexity index is 414. The fourth-order valence-electron chi connectivity index (χ4n) is 1.26. The van der Waals surface area contributed by atoms with E-state index in [-0.39, 0.29) is 0 Å². The summed E-state index contributed by atoms with van der Waals surface area (Å²) < 4.78 is 26.0. The van der Waals surface area contributed by atoms with Crippen LogP contribution in [-0.2, 0) is 16.4 Å². The molecule has 0 amide bonds. The molecule has 3 nitrogen and oxygen atoms in total. The number of alkyl halides is 1. The molecule has 0 aliphatic carbocycles. The second kappa shape index (κ2) is 6.23. The highest BCUT2D eigenvalue weighted by atomic mass is 35.5. The number of benzene rings is 1. The van der Waals surface area contributed by atoms with E-state index in [1.165, 1.54) is 0 Å². The van der Waals surface area contributed by atoms with E-state index in [1.54, 1.807) is 12.1 Å². The van der Waals surface area contributed by atoms with Crippen LogP contribution >= 0.6 is 11.6 Å². The first-order chi connectivity index (χ1) is 7.60. The van der Waals surface area contributed by atoms with E-state index in [4.69, 9.17) is 11.6 Å². The summed E-state index contributed by atoms with van der Waals surface area (Å²) in [6.07, 6.45) is 1.54. The summed E-state index contributed by atoms with van der Waals surface area (Å²) in [7, 11) is -3.37. The van der Waals surface area contributed by atoms with Gasteiger partial charge in [0.15, 0.2) is 0 Å². The predicted molar refractivity (Wildman–Crippen MR) is 66.3 cm³/mol. The minimum atomic E-state index is -3.37. The third-order valence-electron chi connectivity index (χ3n) is 2.24. The zero-order valence-electron chi connectivity index (χ0n) is 9.24. The lowest BCUT2D eigenvalue weighted by molar-refractivity contribution is 0.581. The Labute approximate surface area is 102 Å². The van der Waals surface area contributed by atoms with Crippen LogP contribution in [0.2, 0.25) is 0 Å². The van der Waals surface area contributed by atoms with Gasteiger partial charge in [0, 0.05) is 12.4 Å². The highest BCUT2D eigenvalue weighted by Gasteiger charge is 2.12. The van der Waals surface area contributed by atoms with E-state index in [1.807, 2.05) is 19.1 Å². The monoisotopic (exact) mass is 261 g/mol. The summed E-state index contributed by atoms with van der Waals surface area (Å²) in [5, 5.41) is 0. The van der Waals surface area contributed by atoms with Crippen molar-refractivity contribution in [2.24, 2.45) is 0 Å². The Kier molecular flexibility index (Phi) is 5.25. The molecule has 90 valence electrons. The van der Waals surface area contributed by atoms with E-state index >= 15 is 0 Å². The molecule has 0 atom stereocenters. The van der Waals surface area contributed by atoms with Crippen molar-refractivity contribution in [1.82, 2.24) is 4.72 Å². The summed E-state index contributed by atoms with van der Waals surface area (Å²) >= 11 is 5.48. The molecule has 0 heterocycles. The first-order valence-electron chi connectivity index (χ1n) is 5.24. The predicted octanol–water partition coefficient (Wildman–Crippen LogP) is 2.16. The quantitative estimate of drug-likeness (QED) is 0.630. The maximum absolute atomic E-state index is 11.8. The van der Waals surface area contributed by atoms with Gasteiger partial charge in [0.1, 0.15) is 0 Å². The van der Waals surface area contributed by atoms with Gasteiger partial charge in [0.2, 0.25) is 10.0 Å². The SMILES string of the molecule is CCc1ccc(S(=O)(=O)NCCCCl)cc1. The van der Waals surface area contributed by atoms with Crippen molar-refractivity contribution in [2.45, 2.75) is 24.7 Å². The van der Waals surface area contributed by atoms with E-state index in [0.717, 1.165) is 12.0 Å². The normalized spacial score (nSPS) is 11.6. The van der Waals surface area contributed by atoms with Gasteiger partial charge < -0.3 is 0 Å². The molecule has 0 aromatic heterocycles. The molecule has 5 heteroatoms. The van der Waals surface area contributed by atoms with Crippen molar-refractivity contribution in [1.29, 1.82) is 0 Å². The minimum absolute atomic E-state index is 0.305. The summed E-state index contributed by atoms with van der Waals surface area (Å²) in [6.45, 7) is 2.41. The van der Waals surface area contributed by atoms with Crippen LogP contribution in [0.25, 0.3) is 0 Å². The number of rotatable bonds is 6. The lowest BCUT2D eigenvalue weighted by atomic mass is 10.2. The van der Waals surface area contributed by atoms with Gasteiger partial charge in [-0.1, -0.05) is 19.1 Å². The molecular weight excluding hydrogens is 246 g/mol. The fraction of sp³-hybridized carbons (Fsp3) is 0.455.